The van der Waals surface area contributed by atoms with Crippen LogP contribution in [0.4, 0.5) is 0 Å². The van der Waals surface area contributed by atoms with Gasteiger partial charge in [0, 0.05) is 24.7 Å². The molecule has 4 aliphatic rings. The topological polar surface area (TPSA) is 32.5 Å². The molecule has 4 fully saturated rings. The lowest BCUT2D eigenvalue weighted by Crippen LogP contribution is -2.60. The molecule has 0 spiro atoms. The van der Waals surface area contributed by atoms with Gasteiger partial charge in [-0.25, -0.2) is 0 Å². The Hall–Kier alpha value is -0.120. The molecule has 0 amide bonds. The van der Waals surface area contributed by atoms with E-state index in [-0.39, 0.29) is 0 Å². The zero-order valence-corrected chi connectivity index (χ0v) is 11.3. The van der Waals surface area contributed by atoms with Gasteiger partial charge in [-0.1, -0.05) is 13.8 Å². The number of fused-ring (bicyclic) bond motifs is 2. The van der Waals surface area contributed by atoms with E-state index in [4.69, 9.17) is 5.73 Å². The minimum atomic E-state index is 0.365. The van der Waals surface area contributed by atoms with Crippen molar-refractivity contribution in [2.45, 2.75) is 51.2 Å². The van der Waals surface area contributed by atoms with E-state index in [2.05, 4.69) is 23.6 Å². The highest BCUT2D eigenvalue weighted by molar-refractivity contribution is 5.08. The summed E-state index contributed by atoms with van der Waals surface area (Å²) in [6, 6.07) is 1.76. The summed E-state index contributed by atoms with van der Waals surface area (Å²) >= 11 is 0. The molecule has 0 aliphatic carbocycles. The molecule has 4 unspecified atom stereocenters. The molecule has 2 bridgehead atoms. The molecular weight excluding hydrogens is 210 g/mol. The molecule has 0 aromatic rings. The van der Waals surface area contributed by atoms with Crippen LogP contribution in [0.3, 0.4) is 0 Å². The monoisotopic (exact) mass is 237 g/mol. The normalized spacial score (nSPS) is 47.1. The van der Waals surface area contributed by atoms with Crippen LogP contribution >= 0.6 is 0 Å². The molecule has 3 nitrogen and oxygen atoms in total. The van der Waals surface area contributed by atoms with Crippen LogP contribution in [0.2, 0.25) is 0 Å². The number of hydrogen-bond acceptors (Lipinski definition) is 3. The van der Waals surface area contributed by atoms with Gasteiger partial charge in [0.25, 0.3) is 0 Å². The molecule has 4 heterocycles. The summed E-state index contributed by atoms with van der Waals surface area (Å²) in [5.41, 5.74) is 6.41. The Kier molecular flexibility index (Phi) is 3.18. The molecule has 0 radical (unpaired) electrons. The molecule has 0 aromatic heterocycles. The fourth-order valence-corrected chi connectivity index (χ4v) is 4.64. The van der Waals surface area contributed by atoms with Gasteiger partial charge in [0.2, 0.25) is 0 Å². The Balaban J connectivity index is 1.86. The molecule has 4 atom stereocenters. The highest BCUT2D eigenvalue weighted by Gasteiger charge is 2.53. The Morgan fingerprint density at radius 1 is 1.24 bits per heavy atom. The van der Waals surface area contributed by atoms with E-state index in [0.29, 0.717) is 12.1 Å². The molecule has 4 aliphatic heterocycles. The van der Waals surface area contributed by atoms with Gasteiger partial charge < -0.3 is 5.73 Å². The van der Waals surface area contributed by atoms with Crippen molar-refractivity contribution in [3.8, 4) is 0 Å². The van der Waals surface area contributed by atoms with Crippen molar-refractivity contribution < 1.29 is 0 Å². The van der Waals surface area contributed by atoms with E-state index in [1.807, 2.05) is 0 Å². The lowest BCUT2D eigenvalue weighted by Gasteiger charge is -2.50. The molecule has 0 aromatic carbocycles. The number of likely N-dealkylation sites (N-methyl/N-ethyl adjacent to an activating group) is 1. The van der Waals surface area contributed by atoms with Crippen LogP contribution in [-0.2, 0) is 0 Å². The quantitative estimate of drug-likeness (QED) is 0.799. The zero-order valence-electron chi connectivity index (χ0n) is 11.3. The van der Waals surface area contributed by atoms with E-state index >= 15 is 0 Å². The van der Waals surface area contributed by atoms with Crippen molar-refractivity contribution >= 4 is 0 Å². The van der Waals surface area contributed by atoms with Crippen LogP contribution in [0, 0.1) is 11.8 Å². The summed E-state index contributed by atoms with van der Waals surface area (Å²) < 4.78 is 0. The van der Waals surface area contributed by atoms with Crippen molar-refractivity contribution in [1.29, 1.82) is 0 Å². The first-order valence-corrected chi connectivity index (χ1v) is 7.50. The summed E-state index contributed by atoms with van der Waals surface area (Å²) in [7, 11) is 0. The van der Waals surface area contributed by atoms with Gasteiger partial charge in [0.05, 0.1) is 0 Å². The van der Waals surface area contributed by atoms with Gasteiger partial charge in [0.15, 0.2) is 0 Å². The third-order valence-electron chi connectivity index (χ3n) is 5.57. The van der Waals surface area contributed by atoms with Crippen molar-refractivity contribution in [2.24, 2.45) is 17.6 Å². The van der Waals surface area contributed by atoms with Crippen LogP contribution in [0.15, 0.2) is 0 Å². The van der Waals surface area contributed by atoms with Gasteiger partial charge in [0.1, 0.15) is 0 Å². The first kappa shape index (κ1) is 11.9. The lowest BCUT2D eigenvalue weighted by molar-refractivity contribution is -0.000402. The van der Waals surface area contributed by atoms with Gasteiger partial charge in [-0.15, -0.1) is 0 Å². The molecule has 4 rings (SSSR count). The highest BCUT2D eigenvalue weighted by Crippen LogP contribution is 2.44. The second-order valence-electron chi connectivity index (χ2n) is 6.18. The summed E-state index contributed by atoms with van der Waals surface area (Å²) in [6.07, 6.45) is 3.99. The van der Waals surface area contributed by atoms with Crippen LogP contribution in [-0.4, -0.2) is 54.1 Å². The lowest BCUT2D eigenvalue weighted by atomic mass is 9.73. The Morgan fingerprint density at radius 2 is 1.94 bits per heavy atom. The number of rotatable bonds is 3. The average Bonchev–Trinajstić information content (AvgIpc) is 2.80. The fraction of sp³-hybridized carbons (Fsp3) is 1.00. The third kappa shape index (κ3) is 1.74. The Morgan fingerprint density at radius 3 is 2.53 bits per heavy atom. The molecule has 98 valence electrons. The highest BCUT2D eigenvalue weighted by atomic mass is 15.3. The molecule has 17 heavy (non-hydrogen) atoms. The minimum Gasteiger partial charge on any atom is -0.326 e. The second-order valence-corrected chi connectivity index (χ2v) is 6.18. The first-order valence-electron chi connectivity index (χ1n) is 7.50. The van der Waals surface area contributed by atoms with E-state index in [1.54, 1.807) is 0 Å². The fourth-order valence-electron chi connectivity index (χ4n) is 4.64. The van der Waals surface area contributed by atoms with Crippen molar-refractivity contribution in [3.05, 3.63) is 0 Å². The van der Waals surface area contributed by atoms with E-state index in [9.17, 15) is 0 Å². The predicted molar refractivity (Wildman–Crippen MR) is 70.9 cm³/mol. The maximum absolute atomic E-state index is 6.41. The second kappa shape index (κ2) is 4.52. The summed E-state index contributed by atoms with van der Waals surface area (Å²) in [4.78, 5) is 5.42. The minimum absolute atomic E-state index is 0.365. The molecule has 2 N–H and O–H groups in total. The number of piperidine rings is 3. The van der Waals surface area contributed by atoms with Crippen LogP contribution in [0.25, 0.3) is 0 Å². The van der Waals surface area contributed by atoms with Gasteiger partial charge in [-0.2, -0.15) is 0 Å². The number of nitrogens with zero attached hydrogens (tertiary/aromatic N) is 2. The Bertz CT molecular complexity index is 273. The average molecular weight is 237 g/mol. The standard InChI is InChI=1S/C14H27N3/c1-3-12(15)14-13-11(9-16(14)4-2)10-5-7-17(13)8-6-10/h10-14H,3-9,15H2,1-2H3. The summed E-state index contributed by atoms with van der Waals surface area (Å²) in [5, 5.41) is 0. The van der Waals surface area contributed by atoms with Gasteiger partial charge in [-0.05, 0) is 50.7 Å². The predicted octanol–water partition coefficient (Wildman–Crippen LogP) is 1.14. The van der Waals surface area contributed by atoms with Crippen LogP contribution < -0.4 is 5.73 Å². The summed E-state index contributed by atoms with van der Waals surface area (Å²) in [5.74, 6) is 1.91. The van der Waals surface area contributed by atoms with Crippen LogP contribution in [0.1, 0.15) is 33.1 Å². The smallest absolute Gasteiger partial charge is 0.0405 e. The maximum atomic E-state index is 6.41. The van der Waals surface area contributed by atoms with E-state index in [0.717, 1.165) is 24.3 Å². The van der Waals surface area contributed by atoms with Crippen molar-refractivity contribution in [2.75, 3.05) is 26.2 Å². The molecule has 4 saturated heterocycles. The number of nitrogens with two attached hydrogens (primary N) is 1. The molecule has 3 heteroatoms. The van der Waals surface area contributed by atoms with Gasteiger partial charge in [-0.3, -0.25) is 9.80 Å². The maximum Gasteiger partial charge on any atom is 0.0405 e. The summed E-state index contributed by atoms with van der Waals surface area (Å²) in [6.45, 7) is 9.67. The number of likely N-dealkylation sites (tertiary alicyclic amines) is 1. The SMILES string of the molecule is CCC(N)C1C2C(CN1CC)C1CCN2CC1. The third-order valence-corrected chi connectivity index (χ3v) is 5.57. The largest absolute Gasteiger partial charge is 0.326 e. The first-order chi connectivity index (χ1) is 8.26. The number of hydrogen-bond donors (Lipinski definition) is 1. The molecule has 0 saturated carbocycles. The van der Waals surface area contributed by atoms with Gasteiger partial charge >= 0.3 is 0 Å². The molecular formula is C14H27N3. The van der Waals surface area contributed by atoms with Crippen LogP contribution in [0.5, 0.6) is 0 Å². The zero-order chi connectivity index (χ0) is 12.0. The van der Waals surface area contributed by atoms with E-state index in [1.165, 1.54) is 39.0 Å². The Labute approximate surface area is 105 Å². The van der Waals surface area contributed by atoms with Crippen molar-refractivity contribution in [1.82, 2.24) is 9.80 Å². The van der Waals surface area contributed by atoms with E-state index < -0.39 is 0 Å². The van der Waals surface area contributed by atoms with Crippen molar-refractivity contribution in [3.63, 3.8) is 0 Å².